The van der Waals surface area contributed by atoms with Gasteiger partial charge in [-0.15, -0.1) is 0 Å². The van der Waals surface area contributed by atoms with E-state index in [9.17, 15) is 13.2 Å². The van der Waals surface area contributed by atoms with Crippen molar-refractivity contribution in [2.24, 2.45) is 0 Å². The molecule has 0 radical (unpaired) electrons. The molecule has 0 aromatic heterocycles. The predicted octanol–water partition coefficient (Wildman–Crippen LogP) is 2.96. The molecule has 0 aliphatic carbocycles. The van der Waals surface area contributed by atoms with Gasteiger partial charge in [0, 0.05) is 23.7 Å². The van der Waals surface area contributed by atoms with Crippen LogP contribution < -0.4 is 10.0 Å². The van der Waals surface area contributed by atoms with Crippen molar-refractivity contribution in [3.05, 3.63) is 59.1 Å². The summed E-state index contributed by atoms with van der Waals surface area (Å²) in [6, 6.07) is 13.3. The molecule has 2 aromatic rings. The lowest BCUT2D eigenvalue weighted by Crippen LogP contribution is -2.27. The molecule has 0 heterocycles. The van der Waals surface area contributed by atoms with E-state index >= 15 is 0 Å². The first-order valence-electron chi connectivity index (χ1n) is 6.98. The Labute approximate surface area is 140 Å². The second-order valence-electron chi connectivity index (χ2n) is 5.02. The Balaban J connectivity index is 1.86. The zero-order valence-electron chi connectivity index (χ0n) is 12.5. The first-order valence-corrected chi connectivity index (χ1v) is 8.85. The number of hydrogen-bond acceptors (Lipinski definition) is 3. The summed E-state index contributed by atoms with van der Waals surface area (Å²) in [5.41, 5.74) is 1.55. The van der Waals surface area contributed by atoms with Crippen molar-refractivity contribution in [1.29, 1.82) is 0 Å². The topological polar surface area (TPSA) is 75.3 Å². The van der Waals surface area contributed by atoms with E-state index in [1.54, 1.807) is 36.4 Å². The van der Waals surface area contributed by atoms with Crippen LogP contribution in [0.3, 0.4) is 0 Å². The second-order valence-corrected chi connectivity index (χ2v) is 7.22. The van der Waals surface area contributed by atoms with Gasteiger partial charge in [-0.2, -0.15) is 0 Å². The molecule has 2 rings (SSSR count). The Morgan fingerprint density at radius 1 is 1.13 bits per heavy atom. The molecule has 0 spiro atoms. The minimum Gasteiger partial charge on any atom is -0.326 e. The average Bonchev–Trinajstić information content (AvgIpc) is 2.47. The molecule has 1 amide bonds. The molecule has 0 aliphatic heterocycles. The highest BCUT2D eigenvalue weighted by atomic mass is 35.5. The van der Waals surface area contributed by atoms with Crippen molar-refractivity contribution >= 4 is 33.2 Å². The van der Waals surface area contributed by atoms with Crippen LogP contribution in [0.4, 0.5) is 5.69 Å². The van der Waals surface area contributed by atoms with Crippen molar-refractivity contribution in [3.8, 4) is 0 Å². The number of carbonyl (C=O) groups is 1. The van der Waals surface area contributed by atoms with E-state index in [0.717, 1.165) is 5.56 Å². The quantitative estimate of drug-likeness (QED) is 0.839. The maximum absolute atomic E-state index is 12.1. The number of benzene rings is 2. The number of aryl methyl sites for hydroxylation is 1. The average molecular weight is 353 g/mol. The number of rotatable bonds is 6. The minimum absolute atomic E-state index is 0.0165. The van der Waals surface area contributed by atoms with Gasteiger partial charge in [-0.05, 0) is 37.3 Å². The highest BCUT2D eigenvalue weighted by Gasteiger charge is 2.13. The summed E-state index contributed by atoms with van der Waals surface area (Å²) >= 11 is 5.83. The third-order valence-corrected chi connectivity index (χ3v) is 4.80. The maximum atomic E-state index is 12.1. The summed E-state index contributed by atoms with van der Waals surface area (Å²) in [6.07, 6.45) is 0.0254. The van der Waals surface area contributed by atoms with Gasteiger partial charge in [0.2, 0.25) is 15.9 Å². The first kappa shape index (κ1) is 17.5. The maximum Gasteiger partial charge on any atom is 0.240 e. The van der Waals surface area contributed by atoms with Gasteiger partial charge in [0.25, 0.3) is 0 Å². The van der Waals surface area contributed by atoms with Crippen LogP contribution in [0.25, 0.3) is 0 Å². The smallest absolute Gasteiger partial charge is 0.240 e. The highest BCUT2D eigenvalue weighted by Crippen LogP contribution is 2.15. The van der Waals surface area contributed by atoms with E-state index in [1.165, 1.54) is 12.1 Å². The lowest BCUT2D eigenvalue weighted by atomic mass is 10.2. The monoisotopic (exact) mass is 352 g/mol. The fourth-order valence-corrected chi connectivity index (χ4v) is 3.11. The van der Waals surface area contributed by atoms with Crippen LogP contribution in [0.15, 0.2) is 53.4 Å². The van der Waals surface area contributed by atoms with Gasteiger partial charge in [0.15, 0.2) is 0 Å². The summed E-state index contributed by atoms with van der Waals surface area (Å²) in [5, 5.41) is 3.17. The number of halogens is 1. The third kappa shape index (κ3) is 5.35. The lowest BCUT2D eigenvalue weighted by molar-refractivity contribution is -0.116. The van der Waals surface area contributed by atoms with Crippen molar-refractivity contribution in [2.45, 2.75) is 18.2 Å². The van der Waals surface area contributed by atoms with E-state index < -0.39 is 10.0 Å². The number of hydrogen-bond donors (Lipinski definition) is 2. The van der Waals surface area contributed by atoms with Crippen LogP contribution in [0.5, 0.6) is 0 Å². The van der Waals surface area contributed by atoms with E-state index in [0.29, 0.717) is 10.7 Å². The molecule has 0 saturated heterocycles. The molecule has 2 aromatic carbocycles. The van der Waals surface area contributed by atoms with Crippen LogP contribution in [0.1, 0.15) is 12.0 Å². The van der Waals surface area contributed by atoms with E-state index in [-0.39, 0.29) is 23.8 Å². The molecule has 0 bridgehead atoms. The van der Waals surface area contributed by atoms with Crippen LogP contribution >= 0.6 is 11.6 Å². The van der Waals surface area contributed by atoms with E-state index in [1.807, 2.05) is 6.92 Å². The first-order chi connectivity index (χ1) is 10.9. The summed E-state index contributed by atoms with van der Waals surface area (Å²) in [6.45, 7) is 1.90. The molecule has 0 atom stereocenters. The number of sulfonamides is 1. The molecular weight excluding hydrogens is 336 g/mol. The number of carbonyl (C=O) groups excluding carboxylic acids is 1. The fourth-order valence-electron chi connectivity index (χ4n) is 1.89. The van der Waals surface area contributed by atoms with Crippen molar-refractivity contribution in [3.63, 3.8) is 0 Å². The Morgan fingerprint density at radius 2 is 1.83 bits per heavy atom. The normalized spacial score (nSPS) is 11.2. The van der Waals surface area contributed by atoms with Crippen LogP contribution in [0.2, 0.25) is 5.02 Å². The van der Waals surface area contributed by atoms with Gasteiger partial charge in [-0.3, -0.25) is 4.79 Å². The lowest BCUT2D eigenvalue weighted by Gasteiger charge is -2.08. The largest absolute Gasteiger partial charge is 0.326 e. The molecule has 0 unspecified atom stereocenters. The summed E-state index contributed by atoms with van der Waals surface area (Å²) in [5.74, 6) is -0.293. The zero-order valence-corrected chi connectivity index (χ0v) is 14.1. The predicted molar refractivity (Wildman–Crippen MR) is 91.1 cm³/mol. The van der Waals surface area contributed by atoms with Crippen LogP contribution in [-0.4, -0.2) is 20.9 Å². The summed E-state index contributed by atoms with van der Waals surface area (Å²) in [4.78, 5) is 12.0. The molecule has 2 N–H and O–H groups in total. The molecule has 0 aliphatic rings. The standard InChI is InChI=1S/C16H17ClN2O3S/c1-12-5-7-15(8-6-12)23(21,22)18-10-9-16(20)19-14-4-2-3-13(17)11-14/h2-8,11,18H,9-10H2,1H3,(H,19,20). The van der Waals surface area contributed by atoms with Crippen molar-refractivity contribution in [2.75, 3.05) is 11.9 Å². The molecule has 5 nitrogen and oxygen atoms in total. The number of amides is 1. The van der Waals surface area contributed by atoms with Crippen molar-refractivity contribution < 1.29 is 13.2 Å². The van der Waals surface area contributed by atoms with Gasteiger partial charge >= 0.3 is 0 Å². The molecular formula is C16H17ClN2O3S. The number of anilines is 1. The molecule has 0 saturated carbocycles. The van der Waals surface area contributed by atoms with Crippen molar-refractivity contribution in [1.82, 2.24) is 4.72 Å². The van der Waals surface area contributed by atoms with Gasteiger partial charge in [0.05, 0.1) is 4.90 Å². The van der Waals surface area contributed by atoms with Crippen LogP contribution in [-0.2, 0) is 14.8 Å². The van der Waals surface area contributed by atoms with Crippen LogP contribution in [0, 0.1) is 6.92 Å². The van der Waals surface area contributed by atoms with Gasteiger partial charge in [0.1, 0.15) is 0 Å². The summed E-state index contributed by atoms with van der Waals surface area (Å²) < 4.78 is 26.5. The SMILES string of the molecule is Cc1ccc(S(=O)(=O)NCCC(=O)Nc2cccc(Cl)c2)cc1. The molecule has 0 fully saturated rings. The Hall–Kier alpha value is -1.89. The zero-order chi connectivity index (χ0) is 16.9. The minimum atomic E-state index is -3.60. The third-order valence-electron chi connectivity index (χ3n) is 3.08. The van der Waals surface area contributed by atoms with Gasteiger partial charge in [-0.1, -0.05) is 35.4 Å². The Bertz CT molecular complexity index is 789. The molecule has 7 heteroatoms. The highest BCUT2D eigenvalue weighted by molar-refractivity contribution is 7.89. The van der Waals surface area contributed by atoms with Gasteiger partial charge in [-0.25, -0.2) is 13.1 Å². The summed E-state index contributed by atoms with van der Waals surface area (Å²) in [7, 11) is -3.60. The Kier molecular flexibility index (Phi) is 5.76. The molecule has 23 heavy (non-hydrogen) atoms. The Morgan fingerprint density at radius 3 is 2.48 bits per heavy atom. The van der Waals surface area contributed by atoms with E-state index in [2.05, 4.69) is 10.0 Å². The van der Waals surface area contributed by atoms with E-state index in [4.69, 9.17) is 11.6 Å². The van der Waals surface area contributed by atoms with Gasteiger partial charge < -0.3 is 5.32 Å². The molecule has 122 valence electrons. The fraction of sp³-hybridized carbons (Fsp3) is 0.188. The number of nitrogens with one attached hydrogen (secondary N) is 2. The second kappa shape index (κ2) is 7.59.